The molecule has 0 bridgehead atoms. The van der Waals surface area contributed by atoms with Gasteiger partial charge in [0.15, 0.2) is 5.82 Å². The predicted molar refractivity (Wildman–Crippen MR) is 61.1 cm³/mol. The van der Waals surface area contributed by atoms with Crippen LogP contribution in [0.4, 0.5) is 21.7 Å². The molecular formula is C10H8ClFN4. The van der Waals surface area contributed by atoms with E-state index in [0.717, 1.165) is 0 Å². The van der Waals surface area contributed by atoms with Crippen molar-refractivity contribution in [3.8, 4) is 0 Å². The number of nitrogens with zero attached hydrogens (tertiary/aromatic N) is 2. The Bertz CT molecular complexity index is 501. The number of aromatic nitrogens is 2. The molecule has 0 aliphatic carbocycles. The summed E-state index contributed by atoms with van der Waals surface area (Å²) in [6.07, 6.45) is 0. The summed E-state index contributed by atoms with van der Waals surface area (Å²) in [4.78, 5) is 0. The second-order valence-electron chi connectivity index (χ2n) is 3.10. The van der Waals surface area contributed by atoms with Gasteiger partial charge < -0.3 is 11.1 Å². The zero-order chi connectivity index (χ0) is 11.5. The molecule has 0 unspecified atom stereocenters. The van der Waals surface area contributed by atoms with Gasteiger partial charge in [-0.2, -0.15) is 0 Å². The van der Waals surface area contributed by atoms with E-state index in [4.69, 9.17) is 17.3 Å². The topological polar surface area (TPSA) is 63.8 Å². The highest BCUT2D eigenvalue weighted by atomic mass is 35.5. The van der Waals surface area contributed by atoms with Gasteiger partial charge in [-0.15, -0.1) is 10.2 Å². The van der Waals surface area contributed by atoms with Gasteiger partial charge in [0.25, 0.3) is 0 Å². The molecule has 0 aliphatic heterocycles. The molecule has 6 heteroatoms. The smallest absolute Gasteiger partial charge is 0.153 e. The molecule has 1 aromatic carbocycles. The average Bonchev–Trinajstić information content (AvgIpc) is 2.27. The molecule has 16 heavy (non-hydrogen) atoms. The lowest BCUT2D eigenvalue weighted by Crippen LogP contribution is -1.98. The molecule has 82 valence electrons. The number of anilines is 3. The van der Waals surface area contributed by atoms with Crippen molar-refractivity contribution < 1.29 is 4.39 Å². The highest BCUT2D eigenvalue weighted by Gasteiger charge is 2.02. The van der Waals surface area contributed by atoms with Crippen LogP contribution in [0.1, 0.15) is 0 Å². The van der Waals surface area contributed by atoms with E-state index in [-0.39, 0.29) is 5.02 Å². The van der Waals surface area contributed by atoms with E-state index < -0.39 is 5.82 Å². The number of benzene rings is 1. The number of hydrogen-bond donors (Lipinski definition) is 2. The molecule has 0 saturated heterocycles. The third-order valence-electron chi connectivity index (χ3n) is 1.88. The first-order chi connectivity index (χ1) is 7.65. The zero-order valence-electron chi connectivity index (χ0n) is 8.11. The quantitative estimate of drug-likeness (QED) is 0.844. The summed E-state index contributed by atoms with van der Waals surface area (Å²) in [7, 11) is 0. The van der Waals surface area contributed by atoms with Crippen molar-refractivity contribution in [1.82, 2.24) is 10.2 Å². The lowest BCUT2D eigenvalue weighted by molar-refractivity contribution is 0.629. The second kappa shape index (κ2) is 4.32. The molecule has 0 amide bonds. The van der Waals surface area contributed by atoms with Crippen molar-refractivity contribution in [2.75, 3.05) is 11.1 Å². The molecule has 0 saturated carbocycles. The van der Waals surface area contributed by atoms with Crippen LogP contribution in [0.25, 0.3) is 0 Å². The van der Waals surface area contributed by atoms with E-state index in [1.54, 1.807) is 18.2 Å². The maximum absolute atomic E-state index is 13.1. The van der Waals surface area contributed by atoms with Crippen LogP contribution in [0.2, 0.25) is 5.02 Å². The van der Waals surface area contributed by atoms with Crippen molar-refractivity contribution in [1.29, 1.82) is 0 Å². The minimum atomic E-state index is -0.491. The lowest BCUT2D eigenvalue weighted by atomic mass is 10.3. The third kappa shape index (κ3) is 2.38. The number of rotatable bonds is 2. The Hall–Kier alpha value is -1.88. The number of halogens is 2. The molecule has 0 radical (unpaired) electrons. The van der Waals surface area contributed by atoms with E-state index in [2.05, 4.69) is 15.5 Å². The largest absolute Gasteiger partial charge is 0.382 e. The minimum absolute atomic E-state index is 0.0777. The molecule has 2 rings (SSSR count). The summed E-state index contributed by atoms with van der Waals surface area (Å²) < 4.78 is 13.1. The van der Waals surface area contributed by atoms with Crippen LogP contribution in [0, 0.1) is 5.82 Å². The SMILES string of the molecule is Nc1ccc(Nc2ccc(Cl)c(F)c2)nn1. The summed E-state index contributed by atoms with van der Waals surface area (Å²) in [6, 6.07) is 7.63. The summed E-state index contributed by atoms with van der Waals surface area (Å²) in [5.74, 6) is 0.318. The van der Waals surface area contributed by atoms with Crippen LogP contribution < -0.4 is 11.1 Å². The molecule has 0 atom stereocenters. The van der Waals surface area contributed by atoms with Crippen LogP contribution >= 0.6 is 11.6 Å². The Kier molecular flexibility index (Phi) is 2.87. The predicted octanol–water partition coefficient (Wildman–Crippen LogP) is 2.59. The molecule has 2 aromatic rings. The monoisotopic (exact) mass is 238 g/mol. The van der Waals surface area contributed by atoms with E-state index in [9.17, 15) is 4.39 Å². The fourth-order valence-electron chi connectivity index (χ4n) is 1.13. The maximum Gasteiger partial charge on any atom is 0.153 e. The van der Waals surface area contributed by atoms with Crippen LogP contribution in [-0.2, 0) is 0 Å². The highest BCUT2D eigenvalue weighted by Crippen LogP contribution is 2.20. The number of nitrogen functional groups attached to an aromatic ring is 1. The Morgan fingerprint density at radius 3 is 2.62 bits per heavy atom. The van der Waals surface area contributed by atoms with Crippen molar-refractivity contribution >= 4 is 28.9 Å². The first-order valence-electron chi connectivity index (χ1n) is 4.46. The average molecular weight is 239 g/mol. The molecule has 1 heterocycles. The fourth-order valence-corrected chi connectivity index (χ4v) is 1.25. The Morgan fingerprint density at radius 2 is 2.00 bits per heavy atom. The molecular weight excluding hydrogens is 231 g/mol. The van der Waals surface area contributed by atoms with Crippen LogP contribution in [0.5, 0.6) is 0 Å². The van der Waals surface area contributed by atoms with Gasteiger partial charge in [-0.1, -0.05) is 11.6 Å². The van der Waals surface area contributed by atoms with Crippen molar-refractivity contribution in [2.45, 2.75) is 0 Å². The first kappa shape index (κ1) is 10.6. The van der Waals surface area contributed by atoms with E-state index in [1.807, 2.05) is 0 Å². The van der Waals surface area contributed by atoms with E-state index >= 15 is 0 Å². The van der Waals surface area contributed by atoms with Gasteiger partial charge in [0.05, 0.1) is 5.02 Å². The summed E-state index contributed by atoms with van der Waals surface area (Å²) in [6.45, 7) is 0. The molecule has 4 nitrogen and oxygen atoms in total. The molecule has 0 spiro atoms. The summed E-state index contributed by atoms with van der Waals surface area (Å²) in [5.41, 5.74) is 5.93. The highest BCUT2D eigenvalue weighted by molar-refractivity contribution is 6.30. The van der Waals surface area contributed by atoms with E-state index in [0.29, 0.717) is 17.3 Å². The summed E-state index contributed by atoms with van der Waals surface area (Å²) in [5, 5.41) is 10.4. The maximum atomic E-state index is 13.1. The number of nitrogens with one attached hydrogen (secondary N) is 1. The normalized spacial score (nSPS) is 10.1. The van der Waals surface area contributed by atoms with Gasteiger partial charge in [0.1, 0.15) is 11.6 Å². The van der Waals surface area contributed by atoms with Gasteiger partial charge in [0.2, 0.25) is 0 Å². The van der Waals surface area contributed by atoms with Crippen LogP contribution in [0.15, 0.2) is 30.3 Å². The second-order valence-corrected chi connectivity index (χ2v) is 3.50. The fraction of sp³-hybridized carbons (Fsp3) is 0. The number of hydrogen-bond acceptors (Lipinski definition) is 4. The summed E-state index contributed by atoms with van der Waals surface area (Å²) >= 11 is 5.56. The molecule has 0 fully saturated rings. The Labute approximate surface area is 96.3 Å². The minimum Gasteiger partial charge on any atom is -0.382 e. The van der Waals surface area contributed by atoms with Gasteiger partial charge in [-0.05, 0) is 30.3 Å². The Balaban J connectivity index is 2.20. The van der Waals surface area contributed by atoms with Crippen LogP contribution in [0.3, 0.4) is 0 Å². The molecule has 3 N–H and O–H groups in total. The zero-order valence-corrected chi connectivity index (χ0v) is 8.87. The van der Waals surface area contributed by atoms with Crippen molar-refractivity contribution in [2.24, 2.45) is 0 Å². The van der Waals surface area contributed by atoms with Crippen molar-refractivity contribution in [3.63, 3.8) is 0 Å². The lowest BCUT2D eigenvalue weighted by Gasteiger charge is -2.05. The van der Waals surface area contributed by atoms with Gasteiger partial charge in [-0.25, -0.2) is 4.39 Å². The molecule has 0 aliphatic rings. The Morgan fingerprint density at radius 1 is 1.19 bits per heavy atom. The van der Waals surface area contributed by atoms with Crippen LogP contribution in [-0.4, -0.2) is 10.2 Å². The van der Waals surface area contributed by atoms with Gasteiger partial charge in [-0.3, -0.25) is 0 Å². The third-order valence-corrected chi connectivity index (χ3v) is 2.18. The first-order valence-corrected chi connectivity index (χ1v) is 4.84. The van der Waals surface area contributed by atoms with E-state index in [1.165, 1.54) is 12.1 Å². The standard InChI is InChI=1S/C10H8ClFN4/c11-7-2-1-6(5-8(7)12)14-10-4-3-9(13)15-16-10/h1-5H,(H2,13,15)(H,14,16). The molecule has 1 aromatic heterocycles. The van der Waals surface area contributed by atoms with Crippen molar-refractivity contribution in [3.05, 3.63) is 41.2 Å². The van der Waals surface area contributed by atoms with Gasteiger partial charge >= 0.3 is 0 Å². The van der Waals surface area contributed by atoms with Gasteiger partial charge in [0, 0.05) is 5.69 Å². The number of nitrogens with two attached hydrogens (primary N) is 1.